The fourth-order valence-corrected chi connectivity index (χ4v) is 11.4. The van der Waals surface area contributed by atoms with E-state index in [1.54, 1.807) is 0 Å². The molecule has 0 spiro atoms. The van der Waals surface area contributed by atoms with Gasteiger partial charge < -0.3 is 0 Å². The van der Waals surface area contributed by atoms with Crippen LogP contribution in [0.4, 0.5) is 0 Å². The first-order chi connectivity index (χ1) is 25.0. The van der Waals surface area contributed by atoms with Crippen molar-refractivity contribution in [1.82, 2.24) is 9.97 Å². The Hall–Kier alpha value is -6.16. The van der Waals surface area contributed by atoms with Crippen LogP contribution < -0.4 is 0 Å². The van der Waals surface area contributed by atoms with Gasteiger partial charge in [0.25, 0.3) is 0 Å². The summed E-state index contributed by atoms with van der Waals surface area (Å²) in [6.07, 6.45) is 0. The van der Waals surface area contributed by atoms with Crippen molar-refractivity contribution in [3.05, 3.63) is 205 Å². The van der Waals surface area contributed by atoms with Crippen molar-refractivity contribution in [1.29, 1.82) is 0 Å². The molecule has 0 bridgehead atoms. The third-order valence-electron chi connectivity index (χ3n) is 10.2. The average Bonchev–Trinajstić information content (AvgIpc) is 3.45. The first-order valence-electron chi connectivity index (χ1n) is 17.6. The SMILES string of the molecule is C[Si]1(C)C(c2cccc(-c3ccc4ccccc4c3)n2)=C(c2ccccc2)C(c2ccccc2)=C1c1cccc(-c2ccc3ccccc3c2)n1. The van der Waals surface area contributed by atoms with Crippen molar-refractivity contribution in [2.24, 2.45) is 0 Å². The van der Waals surface area contributed by atoms with Crippen LogP contribution in [-0.2, 0) is 0 Å². The lowest BCUT2D eigenvalue weighted by atomic mass is 9.90. The van der Waals surface area contributed by atoms with E-state index < -0.39 is 8.07 Å². The fourth-order valence-electron chi connectivity index (χ4n) is 7.85. The minimum absolute atomic E-state index is 0.981. The number of hydrogen-bond donors (Lipinski definition) is 0. The molecule has 0 radical (unpaired) electrons. The van der Waals surface area contributed by atoms with Gasteiger partial charge in [0.05, 0.1) is 22.8 Å². The number of fused-ring (bicyclic) bond motifs is 2. The molecule has 3 heterocycles. The standard InChI is InChI=1S/C48H36N2Si/c1-51(2)47(43-25-13-23-41(49-43)39-29-27-33-15-9-11-21-37(33)31-39)45(35-17-5-3-6-18-35)46(36-19-7-4-8-20-36)48(51)44-26-14-24-42(50-44)40-30-28-34-16-10-12-22-38(34)32-40/h3-32H,1-2H3. The molecule has 0 aliphatic carbocycles. The van der Waals surface area contributed by atoms with Crippen molar-refractivity contribution < 1.29 is 0 Å². The van der Waals surface area contributed by atoms with Gasteiger partial charge in [0.1, 0.15) is 8.07 Å². The minimum Gasteiger partial charge on any atom is -0.249 e. The van der Waals surface area contributed by atoms with Crippen LogP contribution in [-0.4, -0.2) is 18.0 Å². The monoisotopic (exact) mass is 668 g/mol. The van der Waals surface area contributed by atoms with Gasteiger partial charge in [-0.1, -0.05) is 159 Å². The molecule has 0 unspecified atom stereocenters. The summed E-state index contributed by atoms with van der Waals surface area (Å²) in [4.78, 5) is 11.0. The molecule has 0 saturated heterocycles. The van der Waals surface area contributed by atoms with Crippen molar-refractivity contribution >= 4 is 51.2 Å². The predicted molar refractivity (Wildman–Crippen MR) is 218 cm³/mol. The van der Waals surface area contributed by atoms with E-state index in [9.17, 15) is 0 Å². The van der Waals surface area contributed by atoms with Crippen molar-refractivity contribution in [3.8, 4) is 22.5 Å². The zero-order valence-electron chi connectivity index (χ0n) is 28.7. The highest BCUT2D eigenvalue weighted by Gasteiger charge is 2.45. The van der Waals surface area contributed by atoms with E-state index in [1.165, 1.54) is 54.2 Å². The predicted octanol–water partition coefficient (Wildman–Crippen LogP) is 12.4. The maximum atomic E-state index is 5.48. The number of allylic oxidation sites excluding steroid dienone is 2. The Balaban J connectivity index is 1.27. The topological polar surface area (TPSA) is 25.8 Å². The van der Waals surface area contributed by atoms with Crippen molar-refractivity contribution in [2.45, 2.75) is 13.1 Å². The highest BCUT2D eigenvalue weighted by atomic mass is 28.3. The van der Waals surface area contributed by atoms with Gasteiger partial charge in [-0.15, -0.1) is 0 Å². The zero-order chi connectivity index (χ0) is 34.4. The van der Waals surface area contributed by atoms with Crippen LogP contribution in [0.1, 0.15) is 22.5 Å². The van der Waals surface area contributed by atoms with E-state index in [1.807, 2.05) is 0 Å². The molecule has 0 saturated carbocycles. The maximum Gasteiger partial charge on any atom is 0.119 e. The van der Waals surface area contributed by atoms with E-state index in [0.29, 0.717) is 0 Å². The van der Waals surface area contributed by atoms with Crippen LogP contribution in [0.25, 0.3) is 65.6 Å². The van der Waals surface area contributed by atoms with Gasteiger partial charge >= 0.3 is 0 Å². The summed E-state index contributed by atoms with van der Waals surface area (Å²) in [5, 5.41) is 7.57. The Labute approximate surface area is 300 Å². The second-order valence-electron chi connectivity index (χ2n) is 13.8. The Morgan fingerprint density at radius 3 is 1.12 bits per heavy atom. The second kappa shape index (κ2) is 12.6. The Kier molecular flexibility index (Phi) is 7.64. The summed E-state index contributed by atoms with van der Waals surface area (Å²) in [5.74, 6) is 0. The van der Waals surface area contributed by atoms with Crippen LogP contribution >= 0.6 is 0 Å². The Morgan fingerprint density at radius 2 is 0.686 bits per heavy atom. The molecule has 2 nitrogen and oxygen atoms in total. The highest BCUT2D eigenvalue weighted by molar-refractivity contribution is 7.13. The van der Waals surface area contributed by atoms with Gasteiger partial charge in [-0.05, 0) is 90.6 Å². The van der Waals surface area contributed by atoms with Gasteiger partial charge in [0, 0.05) is 11.1 Å². The molecule has 3 heteroatoms. The number of hydrogen-bond acceptors (Lipinski definition) is 2. The molecule has 6 aromatic carbocycles. The molecule has 0 atom stereocenters. The van der Waals surface area contributed by atoms with Gasteiger partial charge in [0.15, 0.2) is 0 Å². The quantitative estimate of drug-likeness (QED) is 0.165. The molecule has 242 valence electrons. The molecule has 8 aromatic rings. The fraction of sp³-hybridized carbons (Fsp3) is 0.0417. The van der Waals surface area contributed by atoms with E-state index >= 15 is 0 Å². The summed E-state index contributed by atoms with van der Waals surface area (Å²) in [6.45, 7) is 4.95. The van der Waals surface area contributed by atoms with Crippen LogP contribution in [0.3, 0.4) is 0 Å². The molecule has 1 aliphatic heterocycles. The maximum absolute atomic E-state index is 5.48. The van der Waals surface area contributed by atoms with Crippen LogP contribution in [0, 0.1) is 0 Å². The molecule has 1 aliphatic rings. The summed E-state index contributed by atoms with van der Waals surface area (Å²) >= 11 is 0. The second-order valence-corrected chi connectivity index (χ2v) is 18.0. The van der Waals surface area contributed by atoms with Gasteiger partial charge in [0.2, 0.25) is 0 Å². The van der Waals surface area contributed by atoms with Gasteiger partial charge in [-0.2, -0.15) is 0 Å². The lowest BCUT2D eigenvalue weighted by Gasteiger charge is -2.26. The summed E-state index contributed by atoms with van der Waals surface area (Å²) in [5.41, 5.74) is 11.2. The van der Waals surface area contributed by atoms with Crippen molar-refractivity contribution in [3.63, 3.8) is 0 Å². The highest BCUT2D eigenvalue weighted by Crippen LogP contribution is 2.55. The van der Waals surface area contributed by atoms with Crippen LogP contribution in [0.15, 0.2) is 182 Å². The smallest absolute Gasteiger partial charge is 0.119 e. The molecular formula is C48H36N2Si. The molecule has 51 heavy (non-hydrogen) atoms. The molecule has 0 N–H and O–H groups in total. The normalized spacial score (nSPS) is 14.1. The molecule has 0 amide bonds. The summed E-state index contributed by atoms with van der Waals surface area (Å²) < 4.78 is 0. The van der Waals surface area contributed by atoms with Gasteiger partial charge in [-0.3, -0.25) is 0 Å². The molecule has 2 aromatic heterocycles. The Morgan fingerprint density at radius 1 is 0.314 bits per heavy atom. The average molecular weight is 669 g/mol. The summed E-state index contributed by atoms with van der Waals surface area (Å²) in [6, 6.07) is 65.2. The molecule has 9 rings (SSSR count). The molecule has 0 fully saturated rings. The molecular weight excluding hydrogens is 633 g/mol. The lowest BCUT2D eigenvalue weighted by molar-refractivity contribution is 1.28. The number of benzene rings is 6. The number of nitrogens with zero attached hydrogens (tertiary/aromatic N) is 2. The number of rotatable bonds is 6. The first-order valence-corrected chi connectivity index (χ1v) is 20.6. The van der Waals surface area contributed by atoms with Crippen LogP contribution in [0.5, 0.6) is 0 Å². The van der Waals surface area contributed by atoms with Gasteiger partial charge in [-0.25, -0.2) is 9.97 Å². The van der Waals surface area contributed by atoms with E-state index in [0.717, 1.165) is 33.9 Å². The Bertz CT molecular complexity index is 2470. The largest absolute Gasteiger partial charge is 0.249 e. The third kappa shape index (κ3) is 5.53. The number of aromatic nitrogens is 2. The summed E-state index contributed by atoms with van der Waals surface area (Å²) in [7, 11) is -2.47. The lowest BCUT2D eigenvalue weighted by Crippen LogP contribution is -2.29. The van der Waals surface area contributed by atoms with Crippen LogP contribution in [0.2, 0.25) is 13.1 Å². The number of pyridine rings is 2. The van der Waals surface area contributed by atoms with E-state index in [2.05, 4.69) is 195 Å². The third-order valence-corrected chi connectivity index (χ3v) is 13.7. The van der Waals surface area contributed by atoms with E-state index in [-0.39, 0.29) is 0 Å². The zero-order valence-corrected chi connectivity index (χ0v) is 29.7. The first kappa shape index (κ1) is 30.9. The van der Waals surface area contributed by atoms with Crippen molar-refractivity contribution in [2.75, 3.05) is 0 Å². The minimum atomic E-state index is -2.47. The van der Waals surface area contributed by atoms with E-state index in [4.69, 9.17) is 9.97 Å².